The zero-order chi connectivity index (χ0) is 12.2. The van der Waals surface area contributed by atoms with Crippen LogP contribution in [0.15, 0.2) is 0 Å². The van der Waals surface area contributed by atoms with Crippen molar-refractivity contribution in [2.45, 2.75) is 13.0 Å². The number of nitrogens with zero attached hydrogens (tertiary/aromatic N) is 1. The molecule has 0 rings (SSSR count). The van der Waals surface area contributed by atoms with Crippen LogP contribution in [-0.2, 0) is 19.6 Å². The molecule has 1 unspecified atom stereocenters. The summed E-state index contributed by atoms with van der Waals surface area (Å²) in [6, 6.07) is -0.968. The Hall–Kier alpha value is -1.15. The third-order valence-corrected chi connectivity index (χ3v) is 2.82. The highest BCUT2D eigenvalue weighted by molar-refractivity contribution is 7.90. The molecule has 0 aromatic carbocycles. The Kier molecular flexibility index (Phi) is 4.69. The van der Waals surface area contributed by atoms with Gasteiger partial charge in [0.05, 0.1) is 6.04 Å². The Bertz CT molecular complexity index is 348. The maximum absolute atomic E-state index is 11.3. The molecular weight excluding hydrogens is 224 g/mol. The number of carboxylic acid groups (broad SMARTS) is 1. The summed E-state index contributed by atoms with van der Waals surface area (Å²) >= 11 is 0. The summed E-state index contributed by atoms with van der Waals surface area (Å²) in [5.41, 5.74) is 0. The maximum atomic E-state index is 11.3. The quantitative estimate of drug-likeness (QED) is 0.604. The van der Waals surface area contributed by atoms with E-state index in [0.29, 0.717) is 0 Å². The predicted octanol–water partition coefficient (Wildman–Crippen LogP) is -1.53. The van der Waals surface area contributed by atoms with E-state index in [9.17, 15) is 18.0 Å². The third-order valence-electron chi connectivity index (χ3n) is 1.48. The molecule has 0 bridgehead atoms. The molecular formula is C7H14N2O5S. The number of nitrogens with one attached hydrogen (secondary N) is 1. The SMILES string of the molecule is CC(NS(=O)(=O)CC(=O)O)C(=O)N(C)C. The van der Waals surface area contributed by atoms with Gasteiger partial charge in [0.1, 0.15) is 0 Å². The highest BCUT2D eigenvalue weighted by Gasteiger charge is 2.23. The second-order valence-electron chi connectivity index (χ2n) is 3.23. The molecule has 0 radical (unpaired) electrons. The van der Waals surface area contributed by atoms with Crippen LogP contribution in [0.2, 0.25) is 0 Å². The van der Waals surface area contributed by atoms with E-state index in [-0.39, 0.29) is 0 Å². The van der Waals surface area contributed by atoms with Crippen molar-refractivity contribution in [1.82, 2.24) is 9.62 Å². The van der Waals surface area contributed by atoms with Gasteiger partial charge in [-0.15, -0.1) is 0 Å². The van der Waals surface area contributed by atoms with Crippen LogP contribution < -0.4 is 4.72 Å². The lowest BCUT2D eigenvalue weighted by atomic mass is 10.3. The first-order valence-electron chi connectivity index (χ1n) is 4.08. The fraction of sp³-hybridized carbons (Fsp3) is 0.714. The Balaban J connectivity index is 4.47. The standard InChI is InChI=1S/C7H14N2O5S/c1-5(7(12)9(2)3)8-15(13,14)4-6(10)11/h5,8H,4H2,1-3H3,(H,10,11). The minimum atomic E-state index is -3.96. The largest absolute Gasteiger partial charge is 0.480 e. The van der Waals surface area contributed by atoms with Gasteiger partial charge in [-0.2, -0.15) is 0 Å². The molecule has 88 valence electrons. The van der Waals surface area contributed by atoms with Gasteiger partial charge in [-0.3, -0.25) is 9.59 Å². The second-order valence-corrected chi connectivity index (χ2v) is 4.98. The van der Waals surface area contributed by atoms with Gasteiger partial charge in [0.2, 0.25) is 15.9 Å². The van der Waals surface area contributed by atoms with E-state index < -0.39 is 33.7 Å². The molecule has 0 heterocycles. The van der Waals surface area contributed by atoms with Crippen molar-refractivity contribution in [3.63, 3.8) is 0 Å². The lowest BCUT2D eigenvalue weighted by Crippen LogP contribution is -2.45. The minimum Gasteiger partial charge on any atom is -0.480 e. The molecule has 0 saturated carbocycles. The first-order valence-corrected chi connectivity index (χ1v) is 5.74. The number of carbonyl (C=O) groups excluding carboxylic acids is 1. The molecule has 0 spiro atoms. The van der Waals surface area contributed by atoms with Crippen LogP contribution in [0.5, 0.6) is 0 Å². The maximum Gasteiger partial charge on any atom is 0.320 e. The number of likely N-dealkylation sites (N-methyl/N-ethyl adjacent to an activating group) is 1. The molecule has 0 aromatic heterocycles. The summed E-state index contributed by atoms with van der Waals surface area (Å²) in [6.07, 6.45) is 0. The van der Waals surface area contributed by atoms with Gasteiger partial charge in [0.15, 0.2) is 5.75 Å². The highest BCUT2D eigenvalue weighted by Crippen LogP contribution is 1.93. The fourth-order valence-corrected chi connectivity index (χ4v) is 1.96. The van der Waals surface area contributed by atoms with E-state index in [1.54, 1.807) is 0 Å². The minimum absolute atomic E-state index is 0.441. The van der Waals surface area contributed by atoms with Gasteiger partial charge in [-0.1, -0.05) is 0 Å². The molecule has 1 atom stereocenters. The van der Waals surface area contributed by atoms with Gasteiger partial charge >= 0.3 is 5.97 Å². The van der Waals surface area contributed by atoms with Crippen LogP contribution in [0.3, 0.4) is 0 Å². The molecule has 0 fully saturated rings. The summed E-state index contributed by atoms with van der Waals surface area (Å²) in [5.74, 6) is -2.95. The van der Waals surface area contributed by atoms with Crippen molar-refractivity contribution < 1.29 is 23.1 Å². The van der Waals surface area contributed by atoms with Crippen LogP contribution in [-0.4, -0.2) is 56.2 Å². The van der Waals surface area contributed by atoms with Gasteiger partial charge in [0, 0.05) is 14.1 Å². The molecule has 2 N–H and O–H groups in total. The average Bonchev–Trinajstić information content (AvgIpc) is 1.98. The molecule has 0 saturated heterocycles. The predicted molar refractivity (Wildman–Crippen MR) is 52.7 cm³/mol. The highest BCUT2D eigenvalue weighted by atomic mass is 32.2. The summed E-state index contributed by atoms with van der Waals surface area (Å²) in [7, 11) is -1.00. The number of carboxylic acids is 1. The first kappa shape index (κ1) is 13.8. The molecule has 8 heteroatoms. The zero-order valence-electron chi connectivity index (χ0n) is 8.72. The van der Waals surface area contributed by atoms with Crippen LogP contribution in [0.25, 0.3) is 0 Å². The number of carbonyl (C=O) groups is 2. The molecule has 1 amide bonds. The molecule has 15 heavy (non-hydrogen) atoms. The molecule has 0 aliphatic carbocycles. The number of sulfonamides is 1. The summed E-state index contributed by atoms with van der Waals surface area (Å²) in [5, 5.41) is 8.30. The fourth-order valence-electron chi connectivity index (χ4n) is 0.911. The number of hydrogen-bond donors (Lipinski definition) is 2. The van der Waals surface area contributed by atoms with Gasteiger partial charge in [0.25, 0.3) is 0 Å². The number of amides is 1. The van der Waals surface area contributed by atoms with Crippen molar-refractivity contribution in [2.75, 3.05) is 19.8 Å². The van der Waals surface area contributed by atoms with E-state index in [1.165, 1.54) is 25.9 Å². The molecule has 7 nitrogen and oxygen atoms in total. The van der Waals surface area contributed by atoms with E-state index in [0.717, 1.165) is 0 Å². The zero-order valence-corrected chi connectivity index (χ0v) is 9.54. The van der Waals surface area contributed by atoms with Crippen molar-refractivity contribution >= 4 is 21.9 Å². The Morgan fingerprint density at radius 2 is 1.87 bits per heavy atom. The second kappa shape index (κ2) is 5.08. The number of rotatable bonds is 5. The third kappa shape index (κ3) is 5.33. The van der Waals surface area contributed by atoms with Gasteiger partial charge in [-0.05, 0) is 6.92 Å². The van der Waals surface area contributed by atoms with Crippen molar-refractivity contribution in [1.29, 1.82) is 0 Å². The molecule has 0 aliphatic heterocycles. The summed E-state index contributed by atoms with van der Waals surface area (Å²) < 4.78 is 24.2. The topological polar surface area (TPSA) is 104 Å². The Labute approximate surface area is 88.1 Å². The molecule has 0 aliphatic rings. The van der Waals surface area contributed by atoms with E-state index >= 15 is 0 Å². The first-order chi connectivity index (χ1) is 6.65. The number of hydrogen-bond acceptors (Lipinski definition) is 4. The van der Waals surface area contributed by atoms with Crippen LogP contribution in [0, 0.1) is 0 Å². The average molecular weight is 238 g/mol. The van der Waals surface area contributed by atoms with Gasteiger partial charge in [-0.25, -0.2) is 13.1 Å². The normalized spacial score (nSPS) is 13.3. The van der Waals surface area contributed by atoms with E-state index in [1.807, 2.05) is 4.72 Å². The lowest BCUT2D eigenvalue weighted by Gasteiger charge is -2.17. The van der Waals surface area contributed by atoms with Crippen molar-refractivity contribution in [3.8, 4) is 0 Å². The lowest BCUT2D eigenvalue weighted by molar-refractivity contribution is -0.134. The van der Waals surface area contributed by atoms with E-state index in [2.05, 4.69) is 0 Å². The Morgan fingerprint density at radius 1 is 1.40 bits per heavy atom. The van der Waals surface area contributed by atoms with Crippen LogP contribution in [0.4, 0.5) is 0 Å². The molecule has 0 aromatic rings. The monoisotopic (exact) mass is 238 g/mol. The van der Waals surface area contributed by atoms with Crippen LogP contribution >= 0.6 is 0 Å². The summed E-state index contributed by atoms with van der Waals surface area (Å²) in [4.78, 5) is 22.7. The summed E-state index contributed by atoms with van der Waals surface area (Å²) in [6.45, 7) is 1.35. The number of aliphatic carboxylic acids is 1. The smallest absolute Gasteiger partial charge is 0.320 e. The van der Waals surface area contributed by atoms with Crippen molar-refractivity contribution in [3.05, 3.63) is 0 Å². The van der Waals surface area contributed by atoms with Crippen LogP contribution in [0.1, 0.15) is 6.92 Å². The van der Waals surface area contributed by atoms with Crippen molar-refractivity contribution in [2.24, 2.45) is 0 Å². The van der Waals surface area contributed by atoms with E-state index in [4.69, 9.17) is 5.11 Å². The van der Waals surface area contributed by atoms with Gasteiger partial charge < -0.3 is 10.0 Å². The Morgan fingerprint density at radius 3 is 2.20 bits per heavy atom.